The molecule has 0 unspecified atom stereocenters. The van der Waals surface area contributed by atoms with Crippen LogP contribution in [0.15, 0.2) is 85.3 Å². The number of hydrogen-bond acceptors (Lipinski definition) is 8. The summed E-state index contributed by atoms with van der Waals surface area (Å²) in [5.74, 6) is 0.214. The Hall–Kier alpha value is -5.49. The summed E-state index contributed by atoms with van der Waals surface area (Å²) in [6, 6.07) is 23.4. The van der Waals surface area contributed by atoms with Crippen molar-refractivity contribution in [1.29, 1.82) is 5.26 Å². The predicted molar refractivity (Wildman–Crippen MR) is 154 cm³/mol. The van der Waals surface area contributed by atoms with Gasteiger partial charge in [-0.3, -0.25) is 9.97 Å². The molecule has 194 valence electrons. The normalized spacial score (nSPS) is 11.4. The lowest BCUT2D eigenvalue weighted by Gasteiger charge is -2.23. The van der Waals surface area contributed by atoms with Gasteiger partial charge >= 0.3 is 0 Å². The number of anilines is 1. The molecule has 0 aliphatic rings. The molecule has 4 heterocycles. The lowest BCUT2D eigenvalue weighted by atomic mass is 9.96. The number of fused-ring (bicyclic) bond motifs is 1. The summed E-state index contributed by atoms with van der Waals surface area (Å²) < 4.78 is 1.75. The molecule has 0 atom stereocenters. The zero-order valence-electron chi connectivity index (χ0n) is 22.2. The number of nitrogen functional groups attached to an aromatic ring is 1. The first kappa shape index (κ1) is 24.8. The second-order valence-corrected chi connectivity index (χ2v) is 9.98. The van der Waals surface area contributed by atoms with Crippen LogP contribution in [-0.4, -0.2) is 34.9 Å². The Labute approximate surface area is 231 Å². The number of nitrogens with two attached hydrogens (primary N) is 1. The molecule has 2 N–H and O–H groups in total. The van der Waals surface area contributed by atoms with Gasteiger partial charge in [-0.2, -0.15) is 5.26 Å². The number of nitrogens with zero attached hydrogens (tertiary/aromatic N) is 8. The third-order valence-electron chi connectivity index (χ3n) is 7.11. The van der Waals surface area contributed by atoms with Gasteiger partial charge in [-0.05, 0) is 62.7 Å². The maximum atomic E-state index is 9.65. The van der Waals surface area contributed by atoms with Crippen molar-refractivity contribution in [3.63, 3.8) is 0 Å². The molecule has 0 aliphatic heterocycles. The minimum atomic E-state index is -0.558. The van der Waals surface area contributed by atoms with Crippen LogP contribution in [0.2, 0.25) is 0 Å². The topological polar surface area (TPSA) is 132 Å². The monoisotopic (exact) mass is 523 g/mol. The molecule has 0 amide bonds. The van der Waals surface area contributed by atoms with E-state index in [0.717, 1.165) is 33.3 Å². The smallest absolute Gasteiger partial charge is 0.152 e. The van der Waals surface area contributed by atoms with E-state index in [1.165, 1.54) is 0 Å². The average Bonchev–Trinajstić information content (AvgIpc) is 3.48. The highest BCUT2D eigenvalue weighted by molar-refractivity contribution is 5.89. The average molecular weight is 524 g/mol. The van der Waals surface area contributed by atoms with Crippen LogP contribution in [0.25, 0.3) is 44.8 Å². The molecule has 6 rings (SSSR count). The largest absolute Gasteiger partial charge is 0.382 e. The Morgan fingerprint density at radius 3 is 2.52 bits per heavy atom. The van der Waals surface area contributed by atoms with Gasteiger partial charge in [0.05, 0.1) is 40.4 Å². The highest BCUT2D eigenvalue weighted by atomic mass is 15.4. The van der Waals surface area contributed by atoms with Gasteiger partial charge in [-0.25, -0.2) is 14.6 Å². The summed E-state index contributed by atoms with van der Waals surface area (Å²) in [6.07, 6.45) is 5.33. The second-order valence-electron chi connectivity index (χ2n) is 9.98. The van der Waals surface area contributed by atoms with E-state index in [0.29, 0.717) is 28.3 Å². The summed E-state index contributed by atoms with van der Waals surface area (Å²) in [7, 11) is 0. The standard InChI is InChI=1S/C31H25N9/c1-19-22(17-32)8-6-10-23(19)28-27(21-12-13-24-20(16-21)9-7-15-34-24)36-29(30(33)37-28)25-18-40(39-38-25)31(2,3)26-11-4-5-14-35-26/h4-16,18H,1-3H3,(H2,33,37). The molecule has 0 fully saturated rings. The van der Waals surface area contributed by atoms with Crippen molar-refractivity contribution in [1.82, 2.24) is 34.9 Å². The quantitative estimate of drug-likeness (QED) is 0.311. The first-order valence-electron chi connectivity index (χ1n) is 12.7. The Morgan fingerprint density at radius 2 is 1.73 bits per heavy atom. The van der Waals surface area contributed by atoms with Crippen LogP contribution in [0.5, 0.6) is 0 Å². The Balaban J connectivity index is 1.55. The van der Waals surface area contributed by atoms with Gasteiger partial charge < -0.3 is 5.73 Å². The lowest BCUT2D eigenvalue weighted by molar-refractivity contribution is 0.370. The zero-order chi connectivity index (χ0) is 27.9. The Morgan fingerprint density at radius 1 is 0.875 bits per heavy atom. The molecule has 9 nitrogen and oxygen atoms in total. The third-order valence-corrected chi connectivity index (χ3v) is 7.11. The van der Waals surface area contributed by atoms with Crippen LogP contribution in [0, 0.1) is 18.3 Å². The Bertz CT molecular complexity index is 1920. The molecule has 40 heavy (non-hydrogen) atoms. The van der Waals surface area contributed by atoms with Gasteiger partial charge in [0, 0.05) is 28.9 Å². The lowest BCUT2D eigenvalue weighted by Crippen LogP contribution is -2.29. The van der Waals surface area contributed by atoms with Crippen molar-refractivity contribution in [3.8, 4) is 40.0 Å². The molecule has 6 aromatic rings. The number of rotatable bonds is 5. The molecule has 0 radical (unpaired) electrons. The van der Waals surface area contributed by atoms with E-state index in [1.807, 2.05) is 87.6 Å². The molecule has 9 heteroatoms. The van der Waals surface area contributed by atoms with Crippen molar-refractivity contribution >= 4 is 16.7 Å². The number of nitriles is 1. The zero-order valence-corrected chi connectivity index (χ0v) is 22.2. The number of pyridine rings is 2. The number of hydrogen-bond donors (Lipinski definition) is 1. The van der Waals surface area contributed by atoms with Crippen LogP contribution >= 0.6 is 0 Å². The Kier molecular flexibility index (Phi) is 6.00. The molecule has 0 spiro atoms. The van der Waals surface area contributed by atoms with Crippen LogP contribution in [0.3, 0.4) is 0 Å². The van der Waals surface area contributed by atoms with Crippen LogP contribution in [0.4, 0.5) is 5.82 Å². The molecular weight excluding hydrogens is 498 g/mol. The fourth-order valence-electron chi connectivity index (χ4n) is 4.75. The van der Waals surface area contributed by atoms with E-state index in [2.05, 4.69) is 26.3 Å². The summed E-state index contributed by atoms with van der Waals surface area (Å²) in [5, 5.41) is 19.4. The maximum Gasteiger partial charge on any atom is 0.152 e. The minimum absolute atomic E-state index is 0.214. The van der Waals surface area contributed by atoms with Crippen LogP contribution in [-0.2, 0) is 5.54 Å². The van der Waals surface area contributed by atoms with Crippen LogP contribution in [0.1, 0.15) is 30.7 Å². The summed E-state index contributed by atoms with van der Waals surface area (Å²) in [6.45, 7) is 5.94. The molecule has 0 aliphatic carbocycles. The van der Waals surface area contributed by atoms with E-state index in [1.54, 1.807) is 23.1 Å². The van der Waals surface area contributed by atoms with Gasteiger partial charge in [0.25, 0.3) is 0 Å². The molecule has 0 saturated carbocycles. The first-order chi connectivity index (χ1) is 19.4. The molecular formula is C31H25N9. The number of benzene rings is 2. The van der Waals surface area contributed by atoms with Gasteiger partial charge in [0.15, 0.2) is 5.82 Å². The SMILES string of the molecule is Cc1c(C#N)cccc1-c1nc(N)c(-c2cn(C(C)(C)c3ccccn3)nn2)nc1-c1ccc2ncccc2c1. The first-order valence-corrected chi connectivity index (χ1v) is 12.7. The van der Waals surface area contributed by atoms with Gasteiger partial charge in [0.2, 0.25) is 0 Å². The van der Waals surface area contributed by atoms with E-state index in [4.69, 9.17) is 15.7 Å². The molecule has 0 saturated heterocycles. The van der Waals surface area contributed by atoms with E-state index >= 15 is 0 Å². The summed E-state index contributed by atoms with van der Waals surface area (Å²) >= 11 is 0. The number of aromatic nitrogens is 7. The van der Waals surface area contributed by atoms with Crippen molar-refractivity contribution in [3.05, 3.63) is 102 Å². The second kappa shape index (κ2) is 9.67. The minimum Gasteiger partial charge on any atom is -0.382 e. The highest BCUT2D eigenvalue weighted by Crippen LogP contribution is 2.37. The fourth-order valence-corrected chi connectivity index (χ4v) is 4.75. The molecule has 2 aromatic carbocycles. The molecule has 0 bridgehead atoms. The summed E-state index contributed by atoms with van der Waals surface area (Å²) in [5.41, 5.74) is 12.8. The van der Waals surface area contributed by atoms with Crippen molar-refractivity contribution in [2.24, 2.45) is 0 Å². The highest BCUT2D eigenvalue weighted by Gasteiger charge is 2.27. The van der Waals surface area contributed by atoms with Crippen molar-refractivity contribution in [2.75, 3.05) is 5.73 Å². The molecule has 4 aromatic heterocycles. The van der Waals surface area contributed by atoms with Gasteiger partial charge in [0.1, 0.15) is 16.9 Å². The van der Waals surface area contributed by atoms with Gasteiger partial charge in [-0.1, -0.05) is 35.5 Å². The summed E-state index contributed by atoms with van der Waals surface area (Å²) in [4.78, 5) is 18.8. The fraction of sp³-hybridized carbons (Fsp3) is 0.129. The van der Waals surface area contributed by atoms with E-state index < -0.39 is 5.54 Å². The van der Waals surface area contributed by atoms with E-state index in [-0.39, 0.29) is 5.82 Å². The van der Waals surface area contributed by atoms with Crippen molar-refractivity contribution < 1.29 is 0 Å². The maximum absolute atomic E-state index is 9.65. The van der Waals surface area contributed by atoms with Crippen molar-refractivity contribution in [2.45, 2.75) is 26.3 Å². The van der Waals surface area contributed by atoms with Crippen LogP contribution < -0.4 is 5.73 Å². The van der Waals surface area contributed by atoms with E-state index in [9.17, 15) is 5.26 Å². The predicted octanol–water partition coefficient (Wildman–Crippen LogP) is 5.56. The van der Waals surface area contributed by atoms with Gasteiger partial charge in [-0.15, -0.1) is 5.10 Å². The third kappa shape index (κ3) is 4.22.